The van der Waals surface area contributed by atoms with Gasteiger partial charge in [-0.05, 0) is 47.5 Å². The van der Waals surface area contributed by atoms with Crippen molar-refractivity contribution in [2.75, 3.05) is 5.32 Å². The molecule has 0 fully saturated rings. The second kappa shape index (κ2) is 10.0. The Bertz CT molecular complexity index is 1010. The van der Waals surface area contributed by atoms with Gasteiger partial charge in [0.25, 0.3) is 5.91 Å². The SMILES string of the molecule is CC(=O)NCc1ccc(C(=O)OCc2ccc(C(=O)Nc3ccccc3)cc2)cc1. The number of esters is 1. The van der Waals surface area contributed by atoms with Gasteiger partial charge in [-0.1, -0.05) is 42.5 Å². The summed E-state index contributed by atoms with van der Waals surface area (Å²) in [5, 5.41) is 5.52. The molecule has 30 heavy (non-hydrogen) atoms. The average Bonchev–Trinajstić information content (AvgIpc) is 2.77. The molecule has 0 aliphatic carbocycles. The highest BCUT2D eigenvalue weighted by atomic mass is 16.5. The molecule has 0 aliphatic rings. The molecule has 3 aromatic rings. The lowest BCUT2D eigenvalue weighted by Gasteiger charge is -2.08. The number of amides is 2. The van der Waals surface area contributed by atoms with Crippen molar-refractivity contribution in [3.8, 4) is 0 Å². The third-order valence-electron chi connectivity index (χ3n) is 4.35. The molecular formula is C24H22N2O4. The van der Waals surface area contributed by atoms with Crippen molar-refractivity contribution < 1.29 is 19.1 Å². The fourth-order valence-electron chi connectivity index (χ4n) is 2.69. The Labute approximate surface area is 174 Å². The normalized spacial score (nSPS) is 10.2. The number of nitrogens with one attached hydrogen (secondary N) is 2. The Morgan fingerprint density at radius 2 is 1.37 bits per heavy atom. The average molecular weight is 402 g/mol. The first-order chi connectivity index (χ1) is 14.5. The minimum Gasteiger partial charge on any atom is -0.457 e. The fourth-order valence-corrected chi connectivity index (χ4v) is 2.69. The Balaban J connectivity index is 1.51. The molecule has 0 aromatic heterocycles. The molecule has 0 aliphatic heterocycles. The molecule has 0 heterocycles. The number of ether oxygens (including phenoxy) is 1. The number of benzene rings is 3. The van der Waals surface area contributed by atoms with E-state index in [0.717, 1.165) is 16.8 Å². The van der Waals surface area contributed by atoms with E-state index in [9.17, 15) is 14.4 Å². The van der Waals surface area contributed by atoms with Crippen LogP contribution in [0.3, 0.4) is 0 Å². The van der Waals surface area contributed by atoms with Crippen LogP contribution in [0.4, 0.5) is 5.69 Å². The zero-order chi connectivity index (χ0) is 21.3. The van der Waals surface area contributed by atoms with E-state index < -0.39 is 5.97 Å². The van der Waals surface area contributed by atoms with Crippen LogP contribution in [0.15, 0.2) is 78.9 Å². The van der Waals surface area contributed by atoms with Gasteiger partial charge in [-0.25, -0.2) is 4.79 Å². The summed E-state index contributed by atoms with van der Waals surface area (Å²) in [5.41, 5.74) is 3.35. The maximum absolute atomic E-state index is 12.3. The number of rotatable bonds is 7. The highest BCUT2D eigenvalue weighted by Gasteiger charge is 2.09. The smallest absolute Gasteiger partial charge is 0.338 e. The predicted molar refractivity (Wildman–Crippen MR) is 114 cm³/mol. The minimum absolute atomic E-state index is 0.104. The molecule has 3 aromatic carbocycles. The maximum Gasteiger partial charge on any atom is 0.338 e. The number of hydrogen-bond acceptors (Lipinski definition) is 4. The molecule has 0 spiro atoms. The van der Waals surface area contributed by atoms with Crippen LogP contribution in [0, 0.1) is 0 Å². The van der Waals surface area contributed by atoms with Crippen molar-refractivity contribution in [1.82, 2.24) is 5.32 Å². The van der Waals surface area contributed by atoms with E-state index in [-0.39, 0.29) is 18.4 Å². The second-order valence-electron chi connectivity index (χ2n) is 6.70. The van der Waals surface area contributed by atoms with E-state index in [2.05, 4.69) is 10.6 Å². The standard InChI is InChI=1S/C24H22N2O4/c1-17(27)25-15-18-7-13-21(14-8-18)24(29)30-16-19-9-11-20(12-10-19)23(28)26-22-5-3-2-4-6-22/h2-14H,15-16H2,1H3,(H,25,27)(H,26,28). The van der Waals surface area contributed by atoms with Crippen molar-refractivity contribution in [3.05, 3.63) is 101 Å². The lowest BCUT2D eigenvalue weighted by molar-refractivity contribution is -0.119. The van der Waals surface area contributed by atoms with E-state index in [4.69, 9.17) is 4.74 Å². The highest BCUT2D eigenvalue weighted by molar-refractivity contribution is 6.04. The van der Waals surface area contributed by atoms with Crippen LogP contribution in [-0.2, 0) is 22.7 Å². The molecule has 0 saturated heterocycles. The van der Waals surface area contributed by atoms with Crippen LogP contribution in [0.5, 0.6) is 0 Å². The topological polar surface area (TPSA) is 84.5 Å². The molecule has 0 atom stereocenters. The minimum atomic E-state index is -0.438. The van der Waals surface area contributed by atoms with Gasteiger partial charge >= 0.3 is 5.97 Å². The number of carbonyl (C=O) groups excluding carboxylic acids is 3. The van der Waals surface area contributed by atoms with Crippen molar-refractivity contribution in [2.45, 2.75) is 20.1 Å². The molecule has 2 amide bonds. The van der Waals surface area contributed by atoms with Gasteiger partial charge in [-0.15, -0.1) is 0 Å². The first-order valence-electron chi connectivity index (χ1n) is 9.47. The molecule has 3 rings (SSSR count). The largest absolute Gasteiger partial charge is 0.457 e. The van der Waals surface area contributed by atoms with Gasteiger partial charge in [0, 0.05) is 24.7 Å². The van der Waals surface area contributed by atoms with Crippen molar-refractivity contribution in [1.29, 1.82) is 0 Å². The Hall–Kier alpha value is -3.93. The third-order valence-corrected chi connectivity index (χ3v) is 4.35. The van der Waals surface area contributed by atoms with Crippen LogP contribution < -0.4 is 10.6 Å². The van der Waals surface area contributed by atoms with E-state index in [0.29, 0.717) is 17.7 Å². The fraction of sp³-hybridized carbons (Fsp3) is 0.125. The number of para-hydroxylation sites is 1. The summed E-state index contributed by atoms with van der Waals surface area (Å²) in [6, 6.07) is 23.0. The number of anilines is 1. The molecular weight excluding hydrogens is 380 g/mol. The van der Waals surface area contributed by atoms with Crippen LogP contribution in [0.2, 0.25) is 0 Å². The quantitative estimate of drug-likeness (QED) is 0.587. The summed E-state index contributed by atoms with van der Waals surface area (Å²) < 4.78 is 5.34. The lowest BCUT2D eigenvalue weighted by atomic mass is 10.1. The molecule has 6 nitrogen and oxygen atoms in total. The summed E-state index contributed by atoms with van der Waals surface area (Å²) in [7, 11) is 0. The number of hydrogen-bond donors (Lipinski definition) is 2. The summed E-state index contributed by atoms with van der Waals surface area (Å²) in [4.78, 5) is 35.4. The maximum atomic E-state index is 12.3. The molecule has 0 bridgehead atoms. The Morgan fingerprint density at radius 3 is 2.00 bits per heavy atom. The first-order valence-corrected chi connectivity index (χ1v) is 9.47. The Kier molecular flexibility index (Phi) is 6.95. The van der Waals surface area contributed by atoms with Crippen LogP contribution in [0.1, 0.15) is 38.8 Å². The van der Waals surface area contributed by atoms with Crippen LogP contribution in [-0.4, -0.2) is 17.8 Å². The van der Waals surface area contributed by atoms with Crippen LogP contribution >= 0.6 is 0 Å². The Morgan fingerprint density at radius 1 is 0.767 bits per heavy atom. The van der Waals surface area contributed by atoms with Gasteiger partial charge in [0.15, 0.2) is 0 Å². The molecule has 152 valence electrons. The van der Waals surface area contributed by atoms with Gasteiger partial charge in [-0.2, -0.15) is 0 Å². The molecule has 6 heteroatoms. The summed E-state index contributed by atoms with van der Waals surface area (Å²) in [5.74, 6) is -0.752. The van der Waals surface area contributed by atoms with Gasteiger partial charge in [0.2, 0.25) is 5.91 Å². The van der Waals surface area contributed by atoms with Gasteiger partial charge < -0.3 is 15.4 Å². The van der Waals surface area contributed by atoms with E-state index in [1.807, 2.05) is 30.3 Å². The van der Waals surface area contributed by atoms with Gasteiger partial charge in [0.05, 0.1) is 5.56 Å². The number of carbonyl (C=O) groups is 3. The van der Waals surface area contributed by atoms with Crippen LogP contribution in [0.25, 0.3) is 0 Å². The molecule has 0 saturated carbocycles. The summed E-state index contributed by atoms with van der Waals surface area (Å²) in [6.07, 6.45) is 0. The molecule has 0 radical (unpaired) electrons. The van der Waals surface area contributed by atoms with Gasteiger partial charge in [-0.3, -0.25) is 9.59 Å². The van der Waals surface area contributed by atoms with Crippen molar-refractivity contribution >= 4 is 23.5 Å². The van der Waals surface area contributed by atoms with Gasteiger partial charge in [0.1, 0.15) is 6.61 Å². The predicted octanol–water partition coefficient (Wildman–Crippen LogP) is 3.93. The van der Waals surface area contributed by atoms with E-state index >= 15 is 0 Å². The zero-order valence-electron chi connectivity index (χ0n) is 16.6. The van der Waals surface area contributed by atoms with E-state index in [1.165, 1.54) is 6.92 Å². The first kappa shape index (κ1) is 20.8. The summed E-state index contributed by atoms with van der Waals surface area (Å²) in [6.45, 7) is 1.97. The molecule has 0 unspecified atom stereocenters. The van der Waals surface area contributed by atoms with Crippen molar-refractivity contribution in [2.24, 2.45) is 0 Å². The highest BCUT2D eigenvalue weighted by Crippen LogP contribution is 2.12. The lowest BCUT2D eigenvalue weighted by Crippen LogP contribution is -2.18. The third kappa shape index (κ3) is 6.04. The van der Waals surface area contributed by atoms with Crippen molar-refractivity contribution in [3.63, 3.8) is 0 Å². The van der Waals surface area contributed by atoms with E-state index in [1.54, 1.807) is 48.5 Å². The molecule has 2 N–H and O–H groups in total. The second-order valence-corrected chi connectivity index (χ2v) is 6.70. The monoisotopic (exact) mass is 402 g/mol. The summed E-state index contributed by atoms with van der Waals surface area (Å²) >= 11 is 0. The zero-order valence-corrected chi connectivity index (χ0v) is 16.6.